The highest BCUT2D eigenvalue weighted by molar-refractivity contribution is 6.23. The molecule has 0 spiro atoms. The van der Waals surface area contributed by atoms with Crippen LogP contribution >= 0.6 is 0 Å². The van der Waals surface area contributed by atoms with Crippen LogP contribution < -0.4 is 24.8 Å². The van der Waals surface area contributed by atoms with Crippen LogP contribution in [0.25, 0.3) is 11.1 Å². The Morgan fingerprint density at radius 3 is 2.22 bits per heavy atom. The number of methoxy groups -OCH3 is 1. The number of ketones is 1. The van der Waals surface area contributed by atoms with E-state index >= 15 is 0 Å². The summed E-state index contributed by atoms with van der Waals surface area (Å²) in [6.07, 6.45) is 6.78. The van der Waals surface area contributed by atoms with E-state index < -0.39 is 0 Å². The summed E-state index contributed by atoms with van der Waals surface area (Å²) in [6, 6.07) is 10.5. The molecular formula is C26H32N2O4. The lowest BCUT2D eigenvalue weighted by molar-refractivity contribution is 0.104. The van der Waals surface area contributed by atoms with Gasteiger partial charge in [0.25, 0.3) is 0 Å². The summed E-state index contributed by atoms with van der Waals surface area (Å²) in [5.41, 5.74) is 2.95. The molecule has 6 heteroatoms. The van der Waals surface area contributed by atoms with Gasteiger partial charge in [0.1, 0.15) is 17.2 Å². The van der Waals surface area contributed by atoms with Crippen molar-refractivity contribution in [2.24, 2.45) is 0 Å². The van der Waals surface area contributed by atoms with E-state index in [9.17, 15) is 4.79 Å². The summed E-state index contributed by atoms with van der Waals surface area (Å²) >= 11 is 0. The number of carbonyl (C=O) groups excluding carboxylic acids is 1. The lowest BCUT2D eigenvalue weighted by Gasteiger charge is -2.16. The Hall–Kier alpha value is -2.57. The van der Waals surface area contributed by atoms with Crippen LogP contribution in [0.2, 0.25) is 0 Å². The number of benzene rings is 2. The fourth-order valence-electron chi connectivity index (χ4n) is 5.15. The van der Waals surface area contributed by atoms with Crippen molar-refractivity contribution in [1.82, 2.24) is 10.6 Å². The molecule has 2 aliphatic heterocycles. The lowest BCUT2D eigenvalue weighted by Crippen LogP contribution is -2.23. The summed E-state index contributed by atoms with van der Waals surface area (Å²) < 4.78 is 17.9. The Labute approximate surface area is 189 Å². The van der Waals surface area contributed by atoms with Crippen LogP contribution in [0, 0.1) is 0 Å². The van der Waals surface area contributed by atoms with Crippen molar-refractivity contribution in [3.8, 4) is 28.4 Å². The fourth-order valence-corrected chi connectivity index (χ4v) is 5.15. The zero-order valence-electron chi connectivity index (χ0n) is 18.7. The highest BCUT2D eigenvalue weighted by atomic mass is 16.5. The molecule has 2 unspecified atom stereocenters. The van der Waals surface area contributed by atoms with Gasteiger partial charge in [-0.2, -0.15) is 0 Å². The Bertz CT molecular complexity index is 978. The maximum Gasteiger partial charge on any atom is 0.194 e. The second-order valence-corrected chi connectivity index (χ2v) is 8.92. The van der Waals surface area contributed by atoms with Gasteiger partial charge in [-0.1, -0.05) is 12.1 Å². The van der Waals surface area contributed by atoms with Gasteiger partial charge in [0.2, 0.25) is 0 Å². The van der Waals surface area contributed by atoms with Gasteiger partial charge in [-0.05, 0) is 63.7 Å². The first-order valence-corrected chi connectivity index (χ1v) is 11.9. The molecule has 2 N–H and O–H groups in total. The Kier molecular flexibility index (Phi) is 6.32. The molecule has 0 bridgehead atoms. The lowest BCUT2D eigenvalue weighted by atomic mass is 10.0. The first-order valence-electron chi connectivity index (χ1n) is 11.9. The predicted octanol–water partition coefficient (Wildman–Crippen LogP) is 3.95. The minimum atomic E-state index is -0.000816. The van der Waals surface area contributed by atoms with Crippen LogP contribution in [-0.2, 0) is 0 Å². The minimum Gasteiger partial charge on any atom is -0.496 e. The molecule has 1 aliphatic carbocycles. The highest BCUT2D eigenvalue weighted by Gasteiger charge is 2.33. The molecule has 2 heterocycles. The zero-order chi connectivity index (χ0) is 21.9. The van der Waals surface area contributed by atoms with Gasteiger partial charge >= 0.3 is 0 Å². The topological polar surface area (TPSA) is 68.8 Å². The normalized spacial score (nSPS) is 21.5. The van der Waals surface area contributed by atoms with Crippen molar-refractivity contribution in [2.45, 2.75) is 50.6 Å². The first kappa shape index (κ1) is 21.3. The third-order valence-corrected chi connectivity index (χ3v) is 6.84. The van der Waals surface area contributed by atoms with Crippen molar-refractivity contribution < 1.29 is 19.0 Å². The molecule has 0 saturated carbocycles. The van der Waals surface area contributed by atoms with Crippen LogP contribution in [0.5, 0.6) is 17.2 Å². The van der Waals surface area contributed by atoms with Crippen LogP contribution in [0.1, 0.15) is 54.4 Å². The maximum absolute atomic E-state index is 13.2. The highest BCUT2D eigenvalue weighted by Crippen LogP contribution is 2.48. The van der Waals surface area contributed by atoms with Crippen LogP contribution in [0.3, 0.4) is 0 Å². The van der Waals surface area contributed by atoms with Gasteiger partial charge < -0.3 is 24.8 Å². The van der Waals surface area contributed by atoms with E-state index in [1.165, 1.54) is 25.7 Å². The van der Waals surface area contributed by atoms with Gasteiger partial charge in [0.05, 0.1) is 20.3 Å². The average Bonchev–Trinajstić information content (AvgIpc) is 3.57. The summed E-state index contributed by atoms with van der Waals surface area (Å²) in [4.78, 5) is 13.2. The molecule has 32 heavy (non-hydrogen) atoms. The third-order valence-electron chi connectivity index (χ3n) is 6.84. The molecule has 2 atom stereocenters. The number of ether oxygens (including phenoxy) is 3. The Morgan fingerprint density at radius 1 is 0.875 bits per heavy atom. The molecule has 6 nitrogen and oxygen atoms in total. The number of rotatable bonds is 9. The molecule has 0 radical (unpaired) electrons. The Morgan fingerprint density at radius 2 is 1.56 bits per heavy atom. The van der Waals surface area contributed by atoms with Gasteiger partial charge in [-0.25, -0.2) is 0 Å². The second-order valence-electron chi connectivity index (χ2n) is 8.92. The predicted molar refractivity (Wildman–Crippen MR) is 124 cm³/mol. The summed E-state index contributed by atoms with van der Waals surface area (Å²) in [5.74, 6) is 2.07. The molecule has 2 fully saturated rings. The minimum absolute atomic E-state index is 0.000816. The number of nitrogens with one attached hydrogen (secondary N) is 2. The van der Waals surface area contributed by atoms with Gasteiger partial charge in [-0.15, -0.1) is 0 Å². The molecule has 0 aromatic heterocycles. The SMILES string of the molecule is COc1cc(OCCC2CCCN2)cc2c1-c1c(OCCC3CCCN3)cccc1C2=O. The summed E-state index contributed by atoms with van der Waals surface area (Å²) in [5, 5.41) is 6.99. The van der Waals surface area contributed by atoms with Gasteiger partial charge in [0.15, 0.2) is 5.78 Å². The van der Waals surface area contributed by atoms with Crippen LogP contribution in [-0.4, -0.2) is 51.3 Å². The van der Waals surface area contributed by atoms with Crippen molar-refractivity contribution in [2.75, 3.05) is 33.4 Å². The molecule has 2 saturated heterocycles. The van der Waals surface area contributed by atoms with E-state index in [-0.39, 0.29) is 5.78 Å². The quantitative estimate of drug-likeness (QED) is 0.529. The molecule has 3 aliphatic rings. The summed E-state index contributed by atoms with van der Waals surface area (Å²) in [6.45, 7) is 3.42. The molecule has 170 valence electrons. The van der Waals surface area contributed by atoms with Gasteiger partial charge in [0, 0.05) is 40.4 Å². The third kappa shape index (κ3) is 4.21. The molecule has 5 rings (SSSR count). The second kappa shape index (κ2) is 9.51. The van der Waals surface area contributed by atoms with Crippen LogP contribution in [0.15, 0.2) is 30.3 Å². The Balaban J connectivity index is 1.36. The number of fused-ring (bicyclic) bond motifs is 3. The standard InChI is InChI=1S/C26H32N2O4/c1-30-23-16-19(31-13-9-17-5-3-11-27-17)15-21-25(23)24-20(26(21)29)7-2-8-22(24)32-14-10-18-6-4-12-28-18/h2,7-8,15-18,27-28H,3-6,9-14H2,1H3. The first-order chi connectivity index (χ1) is 15.7. The zero-order valence-corrected chi connectivity index (χ0v) is 18.7. The fraction of sp³-hybridized carbons (Fsp3) is 0.500. The molecule has 0 amide bonds. The monoisotopic (exact) mass is 436 g/mol. The molecule has 2 aromatic carbocycles. The van der Waals surface area contributed by atoms with E-state index in [1.807, 2.05) is 30.3 Å². The van der Waals surface area contributed by atoms with E-state index in [1.54, 1.807) is 7.11 Å². The van der Waals surface area contributed by atoms with E-state index in [0.717, 1.165) is 42.8 Å². The van der Waals surface area contributed by atoms with Gasteiger partial charge in [-0.3, -0.25) is 4.79 Å². The van der Waals surface area contributed by atoms with E-state index in [0.29, 0.717) is 47.9 Å². The van der Waals surface area contributed by atoms with E-state index in [2.05, 4.69) is 10.6 Å². The number of carbonyl (C=O) groups is 1. The van der Waals surface area contributed by atoms with Crippen molar-refractivity contribution in [3.05, 3.63) is 41.5 Å². The van der Waals surface area contributed by atoms with Crippen molar-refractivity contribution in [3.63, 3.8) is 0 Å². The molecule has 2 aromatic rings. The maximum atomic E-state index is 13.2. The van der Waals surface area contributed by atoms with Crippen molar-refractivity contribution >= 4 is 5.78 Å². The smallest absolute Gasteiger partial charge is 0.194 e. The van der Waals surface area contributed by atoms with Crippen LogP contribution in [0.4, 0.5) is 0 Å². The van der Waals surface area contributed by atoms with E-state index in [4.69, 9.17) is 14.2 Å². The molecular weight excluding hydrogens is 404 g/mol. The largest absolute Gasteiger partial charge is 0.496 e. The average molecular weight is 437 g/mol. The number of hydrogen-bond acceptors (Lipinski definition) is 6. The van der Waals surface area contributed by atoms with Crippen molar-refractivity contribution in [1.29, 1.82) is 0 Å². The number of hydrogen-bond donors (Lipinski definition) is 2. The summed E-state index contributed by atoms with van der Waals surface area (Å²) in [7, 11) is 1.64.